The molecule has 0 aromatic carbocycles. The highest BCUT2D eigenvalue weighted by molar-refractivity contribution is 4.90. The molecule has 0 aliphatic rings. The highest BCUT2D eigenvalue weighted by Gasteiger charge is 2.55. The van der Waals surface area contributed by atoms with Crippen LogP contribution in [0.15, 0.2) is 0 Å². The Hall–Kier alpha value is -1.05. The minimum Gasteiger partial charge on any atom is -0.171 e. The molecule has 0 aromatic rings. The van der Waals surface area contributed by atoms with E-state index in [1.807, 2.05) is 41.5 Å². The third kappa shape index (κ3) is 41.3. The molecule has 0 spiro atoms. The summed E-state index contributed by atoms with van der Waals surface area (Å²) in [6.07, 6.45) is -11.0. The summed E-state index contributed by atoms with van der Waals surface area (Å²) in [5.74, 6) is 1.71. The molecule has 0 saturated heterocycles. The second-order valence-electron chi connectivity index (χ2n) is 34.0. The molecule has 0 aromatic heterocycles. The molecular weight excluding hydrogens is 1220 g/mol. The van der Waals surface area contributed by atoms with Crippen molar-refractivity contribution >= 4 is 0 Å². The van der Waals surface area contributed by atoms with Crippen molar-refractivity contribution < 1.29 is 65.9 Å². The molecule has 4 atom stereocenters. The van der Waals surface area contributed by atoms with E-state index in [-0.39, 0.29) is 68.1 Å². The van der Waals surface area contributed by atoms with Crippen LogP contribution in [0, 0.1) is 101 Å². The van der Waals surface area contributed by atoms with Crippen molar-refractivity contribution in [1.29, 1.82) is 0 Å². The van der Waals surface area contributed by atoms with Crippen LogP contribution in [0.25, 0.3) is 0 Å². The number of hydrogen-bond acceptors (Lipinski definition) is 0. The van der Waals surface area contributed by atoms with Crippen molar-refractivity contribution in [2.24, 2.45) is 101 Å². The normalized spacial score (nSPS) is 15.5. The lowest BCUT2D eigenvalue weighted by Gasteiger charge is -2.41. The molecule has 0 nitrogen and oxygen atoms in total. The monoisotopic (exact) mass is 1380 g/mol. The van der Waals surface area contributed by atoms with Gasteiger partial charge in [-0.25, -0.2) is 0 Å². The van der Waals surface area contributed by atoms with E-state index in [9.17, 15) is 65.9 Å². The van der Waals surface area contributed by atoms with Crippen molar-refractivity contribution in [1.82, 2.24) is 0 Å². The second kappa shape index (κ2) is 45.7. The van der Waals surface area contributed by atoms with Crippen molar-refractivity contribution in [3.8, 4) is 0 Å². The van der Waals surface area contributed by atoms with E-state index >= 15 is 0 Å². The Bertz CT molecular complexity index is 1700. The maximum absolute atomic E-state index is 12.8. The Morgan fingerprint density at radius 3 is 0.559 bits per heavy atom. The number of hydrogen-bond donors (Lipinski definition) is 0. The summed E-state index contributed by atoms with van der Waals surface area (Å²) in [5.41, 5.74) is -5.07. The van der Waals surface area contributed by atoms with Crippen LogP contribution in [0.2, 0.25) is 0 Å². The van der Waals surface area contributed by atoms with E-state index in [0.29, 0.717) is 46.3 Å². The zero-order valence-electron chi connectivity index (χ0n) is 68.7. The minimum atomic E-state index is -4.12. The van der Waals surface area contributed by atoms with Crippen molar-refractivity contribution in [3.63, 3.8) is 0 Å². The van der Waals surface area contributed by atoms with E-state index in [4.69, 9.17) is 0 Å². The van der Waals surface area contributed by atoms with Gasteiger partial charge in [-0.05, 0) is 113 Å². The summed E-state index contributed by atoms with van der Waals surface area (Å²) < 4.78 is 187. The van der Waals surface area contributed by atoms with Crippen LogP contribution >= 0.6 is 0 Å². The SMILES string of the molecule is CC(C)C(C(C)C)C(C)(C)C(F)(F)F.CC(C)C(C)(C)C.CCC(C)(C(C)C)C(F)(F)F.CCC(C)(CC)C(C)(C)C.CCC(C)(CC)C(F)(F)F.CCC(C)C(C)(C)C.CCC(CC)C(C)(C)C.CCC(CC)C(C)(CC)C(F)(F)F.CCCC(C)(CC)C(F)(F)F. The van der Waals surface area contributed by atoms with Gasteiger partial charge in [0.15, 0.2) is 0 Å². The van der Waals surface area contributed by atoms with Crippen LogP contribution in [0.3, 0.4) is 0 Å². The van der Waals surface area contributed by atoms with E-state index in [1.165, 1.54) is 73.6 Å². The van der Waals surface area contributed by atoms with Gasteiger partial charge in [0.2, 0.25) is 0 Å². The first-order chi connectivity index (χ1) is 40.7. The molecule has 93 heavy (non-hydrogen) atoms. The van der Waals surface area contributed by atoms with Crippen molar-refractivity contribution in [2.45, 2.75) is 405 Å². The van der Waals surface area contributed by atoms with Gasteiger partial charge < -0.3 is 0 Å². The molecule has 0 amide bonds. The van der Waals surface area contributed by atoms with Crippen LogP contribution in [0.4, 0.5) is 65.9 Å². The summed E-state index contributed by atoms with van der Waals surface area (Å²) in [4.78, 5) is 0. The van der Waals surface area contributed by atoms with Gasteiger partial charge in [0.1, 0.15) is 0 Å². The standard InChI is InChI=1S/C11H21F3.C10H19F3.C10H22.C9H20.2C8H15F3.C8H18.C7H13F3.C7H16/c1-7(2)9(8(3)4)10(5,6)11(12,13)14;1-5-8(6-2)9(4,7-3)10(11,12)13;1-7-10(6,8-2)9(3,4)5;1-6-8(7-2)9(3,4)5;1-5-7(4,6(2)3)8(9,10)11;1-4-6-7(3,5-2)8(9,10)11;1-6-7(2)8(3,4)5;1-4-6(3,5-2)7(8,9)10;1-6(2)7(3,4)5/h7-9H,1-6H3;8H,5-7H2,1-4H3;7-8H2,1-6H3;8H,6-7H2,1-5H3;6H,5H2,1-4H3;4-6H2,1-3H3;7H,6H2,1-5H3;4-5H2,1-3H3;6H,1-5H3. The lowest BCUT2D eigenvalue weighted by molar-refractivity contribution is -0.240. The minimum absolute atomic E-state index is 0.0478. The maximum atomic E-state index is 12.8. The van der Waals surface area contributed by atoms with Crippen LogP contribution < -0.4 is 0 Å². The molecule has 0 aliphatic heterocycles. The van der Waals surface area contributed by atoms with Gasteiger partial charge in [0, 0.05) is 0 Å². The molecule has 0 saturated carbocycles. The summed E-state index contributed by atoms with van der Waals surface area (Å²) in [6.45, 7) is 80.0. The quantitative estimate of drug-likeness (QED) is 0.113. The topological polar surface area (TPSA) is 0 Å². The van der Waals surface area contributed by atoms with Crippen LogP contribution in [0.5, 0.6) is 0 Å². The second-order valence-corrected chi connectivity index (χ2v) is 34.0. The first kappa shape index (κ1) is 111. The molecule has 0 N–H and O–H groups in total. The highest BCUT2D eigenvalue weighted by atomic mass is 19.4. The molecule has 0 aliphatic carbocycles. The molecule has 0 bridgehead atoms. The Labute approximate surface area is 569 Å². The van der Waals surface area contributed by atoms with Gasteiger partial charge in [-0.2, -0.15) is 65.9 Å². The Kier molecular flexibility index (Phi) is 54.3. The van der Waals surface area contributed by atoms with Gasteiger partial charge in [0.25, 0.3) is 0 Å². The summed E-state index contributed by atoms with van der Waals surface area (Å²) in [7, 11) is 0. The number of alkyl halides is 15. The lowest BCUT2D eigenvalue weighted by Crippen LogP contribution is -2.43. The Balaban J connectivity index is -0.000000123. The smallest absolute Gasteiger partial charge is 0.171 e. The molecule has 0 rings (SSSR count). The van der Waals surface area contributed by atoms with Crippen molar-refractivity contribution in [2.75, 3.05) is 0 Å². The summed E-state index contributed by atoms with van der Waals surface area (Å²) in [5, 5.41) is 0. The fourth-order valence-electron chi connectivity index (χ4n) is 10.6. The third-order valence-corrected chi connectivity index (χ3v) is 22.8. The highest BCUT2D eigenvalue weighted by Crippen LogP contribution is 2.52. The van der Waals surface area contributed by atoms with Crippen molar-refractivity contribution in [3.05, 3.63) is 0 Å². The summed E-state index contributed by atoms with van der Waals surface area (Å²) >= 11 is 0. The predicted octanol–water partition coefficient (Wildman–Crippen LogP) is 32.8. The average molecular weight is 1380 g/mol. The van der Waals surface area contributed by atoms with Gasteiger partial charge in [-0.15, -0.1) is 0 Å². The van der Waals surface area contributed by atoms with Crippen LogP contribution in [-0.2, 0) is 0 Å². The van der Waals surface area contributed by atoms with Gasteiger partial charge in [-0.1, -0.05) is 335 Å². The maximum Gasteiger partial charge on any atom is 0.394 e. The zero-order valence-corrected chi connectivity index (χ0v) is 68.7. The molecule has 4 unspecified atom stereocenters. The third-order valence-electron chi connectivity index (χ3n) is 22.8. The fourth-order valence-corrected chi connectivity index (χ4v) is 10.6. The fraction of sp³-hybridized carbons (Fsp3) is 1.00. The summed E-state index contributed by atoms with van der Waals surface area (Å²) in [6, 6.07) is 0. The van der Waals surface area contributed by atoms with Crippen LogP contribution in [-0.4, -0.2) is 30.9 Å². The van der Waals surface area contributed by atoms with E-state index in [2.05, 4.69) is 145 Å². The zero-order chi connectivity index (χ0) is 78.0. The van der Waals surface area contributed by atoms with Crippen LogP contribution in [0.1, 0.15) is 374 Å². The van der Waals surface area contributed by atoms with Gasteiger partial charge in [-0.3, -0.25) is 0 Å². The molecule has 576 valence electrons. The number of rotatable bonds is 19. The van der Waals surface area contributed by atoms with E-state index in [1.54, 1.807) is 55.4 Å². The Morgan fingerprint density at radius 1 is 0.258 bits per heavy atom. The first-order valence-corrected chi connectivity index (χ1v) is 36.0. The van der Waals surface area contributed by atoms with Gasteiger partial charge >= 0.3 is 30.9 Å². The lowest BCUT2D eigenvalue weighted by atomic mass is 9.65. The molecule has 0 radical (unpaired) electrons. The van der Waals surface area contributed by atoms with E-state index in [0.717, 1.165) is 17.8 Å². The average Bonchev–Trinajstić information content (AvgIpc) is 0.816. The van der Waals surface area contributed by atoms with Gasteiger partial charge in [0.05, 0.1) is 27.1 Å². The van der Waals surface area contributed by atoms with E-state index < -0.39 is 58.0 Å². The molecule has 15 heteroatoms. The first-order valence-electron chi connectivity index (χ1n) is 36.0. The Morgan fingerprint density at radius 2 is 0.527 bits per heavy atom. The predicted molar refractivity (Wildman–Crippen MR) is 380 cm³/mol. The molecule has 0 fully saturated rings. The largest absolute Gasteiger partial charge is 0.394 e. The number of halogens is 15. The molecular formula is C78H159F15. The molecule has 0 heterocycles.